The molecule has 8 heteroatoms. The minimum atomic E-state index is -1.19. The van der Waals surface area contributed by atoms with E-state index in [1.807, 2.05) is 0 Å². The van der Waals surface area contributed by atoms with E-state index in [1.165, 1.54) is 0 Å². The standard InChI is InChI=1S/C21H38O8/c1-12(2)14-7-6-13(3)9-17(14)28-21(26)29-18-10-15(24)19(11-23)27-16(20(18)25)5-4-8-22/h12-20,22-25H,4-11H2,1-3H3/t13-,14+,15-,16+,17-,18?,19?,20?/m1/s1. The summed E-state index contributed by atoms with van der Waals surface area (Å²) in [7, 11) is 0. The molecular formula is C21H38O8. The van der Waals surface area contributed by atoms with Crippen molar-refractivity contribution < 1.29 is 39.4 Å². The van der Waals surface area contributed by atoms with E-state index < -0.39 is 43.3 Å². The van der Waals surface area contributed by atoms with Gasteiger partial charge < -0.3 is 34.6 Å². The summed E-state index contributed by atoms with van der Waals surface area (Å²) in [4.78, 5) is 12.5. The molecule has 1 saturated heterocycles. The number of aliphatic hydroxyl groups is 4. The van der Waals surface area contributed by atoms with E-state index in [-0.39, 0.29) is 25.0 Å². The van der Waals surface area contributed by atoms with E-state index in [9.17, 15) is 20.1 Å². The van der Waals surface area contributed by atoms with Gasteiger partial charge in [-0.1, -0.05) is 27.2 Å². The zero-order valence-corrected chi connectivity index (χ0v) is 17.8. The zero-order chi connectivity index (χ0) is 21.6. The van der Waals surface area contributed by atoms with Crippen molar-refractivity contribution in [2.75, 3.05) is 13.2 Å². The minimum absolute atomic E-state index is 0.0637. The largest absolute Gasteiger partial charge is 0.508 e. The van der Waals surface area contributed by atoms with Crippen molar-refractivity contribution in [2.24, 2.45) is 17.8 Å². The van der Waals surface area contributed by atoms with Crippen LogP contribution in [0.15, 0.2) is 0 Å². The van der Waals surface area contributed by atoms with Gasteiger partial charge in [-0.2, -0.15) is 0 Å². The first-order valence-corrected chi connectivity index (χ1v) is 10.9. The predicted molar refractivity (Wildman–Crippen MR) is 105 cm³/mol. The van der Waals surface area contributed by atoms with E-state index in [0.29, 0.717) is 24.7 Å². The zero-order valence-electron chi connectivity index (χ0n) is 17.8. The van der Waals surface area contributed by atoms with Crippen LogP contribution < -0.4 is 0 Å². The third-order valence-electron chi connectivity index (χ3n) is 6.30. The SMILES string of the molecule is CC(C)[C@@H]1CC[C@@H](C)C[C@H]1OC(=O)OC1C[C@@H](O)C(CO)O[C@@H](CCCO)C1O. The summed E-state index contributed by atoms with van der Waals surface area (Å²) in [5.74, 6) is 1.12. The molecule has 1 aliphatic heterocycles. The Balaban J connectivity index is 2.03. The molecule has 29 heavy (non-hydrogen) atoms. The Morgan fingerprint density at radius 1 is 1.07 bits per heavy atom. The third kappa shape index (κ3) is 6.79. The average Bonchev–Trinajstić information content (AvgIpc) is 2.77. The molecule has 0 aromatic heterocycles. The molecule has 170 valence electrons. The van der Waals surface area contributed by atoms with Gasteiger partial charge in [-0.15, -0.1) is 0 Å². The lowest BCUT2D eigenvalue weighted by molar-refractivity contribution is -0.126. The van der Waals surface area contributed by atoms with E-state index in [1.54, 1.807) is 0 Å². The van der Waals surface area contributed by atoms with Gasteiger partial charge in [0.05, 0.1) is 18.8 Å². The highest BCUT2D eigenvalue weighted by atomic mass is 16.7. The molecule has 1 aliphatic carbocycles. The fourth-order valence-electron chi connectivity index (χ4n) is 4.50. The van der Waals surface area contributed by atoms with E-state index in [2.05, 4.69) is 20.8 Å². The summed E-state index contributed by atoms with van der Waals surface area (Å²) in [6, 6.07) is 0. The van der Waals surface area contributed by atoms with Crippen molar-refractivity contribution >= 4 is 6.16 Å². The van der Waals surface area contributed by atoms with Crippen LogP contribution in [0, 0.1) is 17.8 Å². The van der Waals surface area contributed by atoms with Crippen LogP contribution >= 0.6 is 0 Å². The fourth-order valence-corrected chi connectivity index (χ4v) is 4.50. The van der Waals surface area contributed by atoms with Crippen LogP contribution in [-0.4, -0.2) is 76.4 Å². The van der Waals surface area contributed by atoms with Gasteiger partial charge in [0.25, 0.3) is 0 Å². The molecule has 0 amide bonds. The molecule has 8 atom stereocenters. The summed E-state index contributed by atoms with van der Waals surface area (Å²) in [5, 5.41) is 39.5. The Bertz CT molecular complexity index is 499. The summed E-state index contributed by atoms with van der Waals surface area (Å²) in [5.41, 5.74) is 0. The Morgan fingerprint density at radius 2 is 1.76 bits per heavy atom. The molecule has 3 unspecified atom stereocenters. The van der Waals surface area contributed by atoms with Gasteiger partial charge in [0.1, 0.15) is 24.4 Å². The number of aliphatic hydroxyl groups excluding tert-OH is 4. The van der Waals surface area contributed by atoms with Crippen molar-refractivity contribution in [3.8, 4) is 0 Å². The van der Waals surface area contributed by atoms with Crippen LogP contribution in [0.3, 0.4) is 0 Å². The fraction of sp³-hybridized carbons (Fsp3) is 0.952. The van der Waals surface area contributed by atoms with Crippen LogP contribution in [0.4, 0.5) is 4.79 Å². The highest BCUT2D eigenvalue weighted by molar-refractivity contribution is 5.60. The summed E-state index contributed by atoms with van der Waals surface area (Å²) in [6.45, 7) is 5.87. The average molecular weight is 419 g/mol. The molecule has 8 nitrogen and oxygen atoms in total. The van der Waals surface area contributed by atoms with Gasteiger partial charge in [-0.3, -0.25) is 0 Å². The number of carbonyl (C=O) groups excluding carboxylic acids is 1. The Kier molecular flexibility index (Phi) is 9.62. The van der Waals surface area contributed by atoms with Crippen molar-refractivity contribution in [3.63, 3.8) is 0 Å². The van der Waals surface area contributed by atoms with Crippen molar-refractivity contribution in [1.29, 1.82) is 0 Å². The summed E-state index contributed by atoms with van der Waals surface area (Å²) >= 11 is 0. The summed E-state index contributed by atoms with van der Waals surface area (Å²) in [6.07, 6.45) is -2.53. The molecule has 4 N–H and O–H groups in total. The van der Waals surface area contributed by atoms with Crippen LogP contribution in [0.5, 0.6) is 0 Å². The molecule has 2 aliphatic rings. The van der Waals surface area contributed by atoms with Gasteiger partial charge >= 0.3 is 6.16 Å². The monoisotopic (exact) mass is 418 g/mol. The maximum absolute atomic E-state index is 12.5. The molecule has 0 aromatic carbocycles. The Hall–Kier alpha value is -0.930. The minimum Gasteiger partial charge on any atom is -0.431 e. The summed E-state index contributed by atoms with van der Waals surface area (Å²) < 4.78 is 16.7. The Labute approximate surface area is 173 Å². The third-order valence-corrected chi connectivity index (χ3v) is 6.30. The molecule has 0 aromatic rings. The van der Waals surface area contributed by atoms with Gasteiger partial charge in [-0.05, 0) is 43.4 Å². The highest BCUT2D eigenvalue weighted by Gasteiger charge is 2.41. The number of hydrogen-bond donors (Lipinski definition) is 4. The molecule has 0 bridgehead atoms. The number of ether oxygens (including phenoxy) is 3. The predicted octanol–water partition coefficient (Wildman–Crippen LogP) is 1.61. The first-order chi connectivity index (χ1) is 13.8. The van der Waals surface area contributed by atoms with Crippen LogP contribution in [-0.2, 0) is 14.2 Å². The quantitative estimate of drug-likeness (QED) is 0.460. The smallest absolute Gasteiger partial charge is 0.431 e. The number of carbonyl (C=O) groups is 1. The molecule has 0 spiro atoms. The lowest BCUT2D eigenvalue weighted by Crippen LogP contribution is -2.42. The van der Waals surface area contributed by atoms with Crippen molar-refractivity contribution in [2.45, 2.75) is 95.9 Å². The first-order valence-electron chi connectivity index (χ1n) is 10.9. The topological polar surface area (TPSA) is 126 Å². The van der Waals surface area contributed by atoms with Gasteiger partial charge in [0, 0.05) is 13.0 Å². The molecular weight excluding hydrogens is 380 g/mol. The van der Waals surface area contributed by atoms with Crippen LogP contribution in [0.2, 0.25) is 0 Å². The van der Waals surface area contributed by atoms with Crippen molar-refractivity contribution in [3.05, 3.63) is 0 Å². The van der Waals surface area contributed by atoms with Crippen LogP contribution in [0.1, 0.15) is 59.3 Å². The number of hydrogen-bond acceptors (Lipinski definition) is 8. The lowest BCUT2D eigenvalue weighted by atomic mass is 9.75. The first kappa shape index (κ1) is 24.3. The maximum atomic E-state index is 12.5. The number of rotatable bonds is 7. The molecule has 1 heterocycles. The van der Waals surface area contributed by atoms with E-state index in [0.717, 1.165) is 19.3 Å². The van der Waals surface area contributed by atoms with Gasteiger partial charge in [0.15, 0.2) is 0 Å². The Morgan fingerprint density at radius 3 is 2.38 bits per heavy atom. The molecule has 0 radical (unpaired) electrons. The van der Waals surface area contributed by atoms with E-state index >= 15 is 0 Å². The molecule has 1 saturated carbocycles. The second kappa shape index (κ2) is 11.5. The molecule has 2 rings (SSSR count). The normalized spacial score (nSPS) is 38.5. The van der Waals surface area contributed by atoms with E-state index in [4.69, 9.17) is 19.3 Å². The van der Waals surface area contributed by atoms with Crippen LogP contribution in [0.25, 0.3) is 0 Å². The van der Waals surface area contributed by atoms with Gasteiger partial charge in [0.2, 0.25) is 0 Å². The highest BCUT2D eigenvalue weighted by Crippen LogP contribution is 2.36. The second-order valence-corrected chi connectivity index (χ2v) is 8.94. The molecule has 2 fully saturated rings. The second-order valence-electron chi connectivity index (χ2n) is 8.94. The lowest BCUT2D eigenvalue weighted by Gasteiger charge is -2.36. The van der Waals surface area contributed by atoms with Gasteiger partial charge in [-0.25, -0.2) is 4.79 Å². The van der Waals surface area contributed by atoms with Crippen molar-refractivity contribution in [1.82, 2.24) is 0 Å². The maximum Gasteiger partial charge on any atom is 0.508 e.